The van der Waals surface area contributed by atoms with Crippen LogP contribution in [0.2, 0.25) is 0 Å². The van der Waals surface area contributed by atoms with E-state index in [1.54, 1.807) is 6.08 Å². The molecule has 2 aliphatic rings. The lowest BCUT2D eigenvalue weighted by atomic mass is 9.87. The largest absolute Gasteiger partial charge is 0.386 e. The average molecular weight is 286 g/mol. The molecule has 0 heterocycles. The first kappa shape index (κ1) is 12.2. The molecule has 2 heteroatoms. The molecule has 2 nitrogen and oxygen atoms in total. The summed E-state index contributed by atoms with van der Waals surface area (Å²) < 4.78 is 0. The highest BCUT2D eigenvalue weighted by molar-refractivity contribution is 6.12. The second-order valence-corrected chi connectivity index (χ2v) is 5.99. The van der Waals surface area contributed by atoms with E-state index in [4.69, 9.17) is 0 Å². The van der Waals surface area contributed by atoms with Gasteiger partial charge in [-0.3, -0.25) is 0 Å². The number of aliphatic hydroxyl groups is 2. The van der Waals surface area contributed by atoms with Crippen molar-refractivity contribution in [3.63, 3.8) is 0 Å². The van der Waals surface area contributed by atoms with Gasteiger partial charge >= 0.3 is 0 Å². The van der Waals surface area contributed by atoms with Gasteiger partial charge in [0.05, 0.1) is 0 Å². The predicted molar refractivity (Wildman–Crippen MR) is 87.4 cm³/mol. The van der Waals surface area contributed by atoms with Crippen LogP contribution in [0.5, 0.6) is 0 Å². The Morgan fingerprint density at radius 3 is 2.50 bits per heavy atom. The van der Waals surface area contributed by atoms with E-state index in [0.717, 1.165) is 27.8 Å². The molecule has 0 fully saturated rings. The van der Waals surface area contributed by atoms with Crippen molar-refractivity contribution >= 4 is 16.3 Å². The molecule has 22 heavy (non-hydrogen) atoms. The van der Waals surface area contributed by atoms with E-state index >= 15 is 0 Å². The Morgan fingerprint density at radius 2 is 1.59 bits per heavy atom. The maximum Gasteiger partial charge on any atom is 0.109 e. The first-order chi connectivity index (χ1) is 10.8. The van der Waals surface area contributed by atoms with E-state index in [1.165, 1.54) is 16.3 Å². The molecule has 0 bridgehead atoms. The van der Waals surface area contributed by atoms with Gasteiger partial charge < -0.3 is 10.2 Å². The molecule has 2 atom stereocenters. The highest BCUT2D eigenvalue weighted by Gasteiger charge is 2.34. The topological polar surface area (TPSA) is 40.5 Å². The normalized spacial score (nSPS) is 21.5. The number of hydrogen-bond donors (Lipinski definition) is 2. The summed E-state index contributed by atoms with van der Waals surface area (Å²) in [6.45, 7) is 0. The number of fused-ring (bicyclic) bond motifs is 5. The van der Waals surface area contributed by atoms with Crippen LogP contribution in [-0.2, 0) is 0 Å². The van der Waals surface area contributed by atoms with Gasteiger partial charge in [0.25, 0.3) is 0 Å². The molecule has 0 amide bonds. The van der Waals surface area contributed by atoms with Crippen LogP contribution in [0.25, 0.3) is 27.5 Å². The van der Waals surface area contributed by atoms with Gasteiger partial charge in [0.1, 0.15) is 12.2 Å². The van der Waals surface area contributed by atoms with Crippen LogP contribution < -0.4 is 0 Å². The van der Waals surface area contributed by atoms with Gasteiger partial charge in [-0.25, -0.2) is 0 Å². The number of aliphatic hydroxyl groups excluding tert-OH is 2. The van der Waals surface area contributed by atoms with Gasteiger partial charge in [-0.15, -0.1) is 0 Å². The molecule has 0 saturated carbocycles. The molecule has 3 aromatic carbocycles. The Bertz CT molecular complexity index is 969. The van der Waals surface area contributed by atoms with E-state index in [1.807, 2.05) is 18.2 Å². The van der Waals surface area contributed by atoms with Crippen molar-refractivity contribution in [1.29, 1.82) is 0 Å². The second kappa shape index (κ2) is 4.07. The second-order valence-electron chi connectivity index (χ2n) is 5.99. The Hall–Kier alpha value is -2.42. The minimum absolute atomic E-state index is 0.822. The quantitative estimate of drug-likeness (QED) is 0.518. The van der Waals surface area contributed by atoms with Gasteiger partial charge in [-0.1, -0.05) is 54.6 Å². The number of benzene rings is 3. The van der Waals surface area contributed by atoms with E-state index < -0.39 is 12.2 Å². The van der Waals surface area contributed by atoms with Gasteiger partial charge in [-0.2, -0.15) is 0 Å². The smallest absolute Gasteiger partial charge is 0.109 e. The molecule has 2 aliphatic carbocycles. The van der Waals surface area contributed by atoms with E-state index in [0.29, 0.717) is 0 Å². The van der Waals surface area contributed by atoms with Gasteiger partial charge in [-0.05, 0) is 50.2 Å². The summed E-state index contributed by atoms with van der Waals surface area (Å²) in [4.78, 5) is 0. The lowest BCUT2D eigenvalue weighted by Gasteiger charge is -2.24. The summed E-state index contributed by atoms with van der Waals surface area (Å²) >= 11 is 0. The fraction of sp³-hybridized carbons (Fsp3) is 0.100. The lowest BCUT2D eigenvalue weighted by Crippen LogP contribution is -2.20. The molecule has 106 valence electrons. The van der Waals surface area contributed by atoms with Crippen molar-refractivity contribution < 1.29 is 10.2 Å². The molecule has 0 aromatic heterocycles. The summed E-state index contributed by atoms with van der Waals surface area (Å²) in [6, 6.07) is 18.6. The Balaban J connectivity index is 1.98. The van der Waals surface area contributed by atoms with Gasteiger partial charge in [0, 0.05) is 0 Å². The van der Waals surface area contributed by atoms with Gasteiger partial charge in [0.2, 0.25) is 0 Å². The monoisotopic (exact) mass is 286 g/mol. The molecule has 0 spiro atoms. The number of rotatable bonds is 0. The molecular weight excluding hydrogens is 272 g/mol. The van der Waals surface area contributed by atoms with Gasteiger partial charge in [0.15, 0.2) is 0 Å². The molecule has 0 aliphatic heterocycles. The summed E-state index contributed by atoms with van der Waals surface area (Å²) in [7, 11) is 0. The summed E-state index contributed by atoms with van der Waals surface area (Å²) in [5.41, 5.74) is 6.45. The maximum atomic E-state index is 10.3. The molecule has 2 N–H and O–H groups in total. The molecule has 0 unspecified atom stereocenters. The van der Waals surface area contributed by atoms with Crippen LogP contribution in [0, 0.1) is 0 Å². The van der Waals surface area contributed by atoms with Crippen LogP contribution in [0.1, 0.15) is 22.8 Å². The van der Waals surface area contributed by atoms with Crippen molar-refractivity contribution in [3.05, 3.63) is 77.4 Å². The first-order valence-electron chi connectivity index (χ1n) is 7.49. The standard InChI is InChI=1S/C20H14O2/c21-17-10-16-13-9-8-11-4-1-2-5-12(11)18(13)14-6-3-7-15(19(14)16)20(17)22/h1-10,17,20-22H/t17-,20-/m0/s1. The predicted octanol–water partition coefficient (Wildman–Crippen LogP) is 3.66. The van der Waals surface area contributed by atoms with Crippen LogP contribution in [0.4, 0.5) is 0 Å². The summed E-state index contributed by atoms with van der Waals surface area (Å²) in [5, 5.41) is 22.9. The minimum Gasteiger partial charge on any atom is -0.386 e. The van der Waals surface area contributed by atoms with E-state index in [9.17, 15) is 10.2 Å². The zero-order chi connectivity index (χ0) is 14.8. The van der Waals surface area contributed by atoms with Crippen LogP contribution in [-0.4, -0.2) is 16.3 Å². The zero-order valence-corrected chi connectivity index (χ0v) is 11.8. The Morgan fingerprint density at radius 1 is 0.727 bits per heavy atom. The summed E-state index contributed by atoms with van der Waals surface area (Å²) in [6.07, 6.45) is 0.0892. The Labute approximate surface area is 128 Å². The highest BCUT2D eigenvalue weighted by Crippen LogP contribution is 2.52. The van der Waals surface area contributed by atoms with Crippen molar-refractivity contribution in [3.8, 4) is 11.1 Å². The number of hydrogen-bond acceptors (Lipinski definition) is 2. The third-order valence-corrected chi connectivity index (χ3v) is 4.83. The third kappa shape index (κ3) is 1.36. The molecule has 3 aromatic rings. The van der Waals surface area contributed by atoms with E-state index in [-0.39, 0.29) is 0 Å². The Kier molecular flexibility index (Phi) is 2.25. The first-order valence-corrected chi connectivity index (χ1v) is 7.49. The van der Waals surface area contributed by atoms with E-state index in [2.05, 4.69) is 36.4 Å². The molecule has 0 saturated heterocycles. The average Bonchev–Trinajstić information content (AvgIpc) is 2.88. The highest BCUT2D eigenvalue weighted by atomic mass is 16.3. The minimum atomic E-state index is -0.852. The van der Waals surface area contributed by atoms with Crippen molar-refractivity contribution in [2.75, 3.05) is 0 Å². The van der Waals surface area contributed by atoms with Crippen LogP contribution in [0.3, 0.4) is 0 Å². The lowest BCUT2D eigenvalue weighted by molar-refractivity contribution is 0.0467. The molecular formula is C20H14O2. The maximum absolute atomic E-state index is 10.3. The van der Waals surface area contributed by atoms with Crippen molar-refractivity contribution in [1.82, 2.24) is 0 Å². The molecule has 0 radical (unpaired) electrons. The molecule has 5 rings (SSSR count). The third-order valence-electron chi connectivity index (χ3n) is 4.83. The van der Waals surface area contributed by atoms with Crippen LogP contribution >= 0.6 is 0 Å². The zero-order valence-electron chi connectivity index (χ0n) is 11.8. The van der Waals surface area contributed by atoms with Crippen molar-refractivity contribution in [2.24, 2.45) is 0 Å². The summed E-state index contributed by atoms with van der Waals surface area (Å²) in [5.74, 6) is 0. The van der Waals surface area contributed by atoms with Crippen molar-refractivity contribution in [2.45, 2.75) is 12.2 Å². The fourth-order valence-corrected chi connectivity index (χ4v) is 3.87. The van der Waals surface area contributed by atoms with Crippen LogP contribution in [0.15, 0.2) is 60.7 Å². The fourth-order valence-electron chi connectivity index (χ4n) is 3.87. The SMILES string of the molecule is O[C@H]1C=C2c3ccc4ccccc4c3-c3cccc(c32)[C@@H]1O.